The van der Waals surface area contributed by atoms with Gasteiger partial charge in [0.05, 0.1) is 0 Å². The molecule has 1 N–H and O–H groups in total. The molecule has 0 aliphatic rings. The van der Waals surface area contributed by atoms with E-state index in [1.165, 1.54) is 0 Å². The molecule has 0 fully saturated rings. The highest BCUT2D eigenvalue weighted by molar-refractivity contribution is 5.60. The van der Waals surface area contributed by atoms with Crippen LogP contribution in [0.1, 0.15) is 37.0 Å². The molecule has 0 amide bonds. The quantitative estimate of drug-likeness (QED) is 0.813. The van der Waals surface area contributed by atoms with E-state index < -0.39 is 0 Å². The van der Waals surface area contributed by atoms with Crippen LogP contribution in [0.15, 0.2) is 6.07 Å². The molecule has 0 aromatic heterocycles. The standard InChI is InChI=1S/C12H16FNO.C2H6/c1-8-7-10(5-4-6-15)12(14-3)9(2)11(8)13;1-2/h6-7,14H,4-5H2,1-3H3;1-2H3. The monoisotopic (exact) mass is 239 g/mol. The molecule has 1 rings (SSSR count). The van der Waals surface area contributed by atoms with Crippen LogP contribution in [0.25, 0.3) is 0 Å². The Kier molecular flexibility index (Phi) is 7.19. The number of rotatable bonds is 4. The first-order valence-corrected chi connectivity index (χ1v) is 6.01. The van der Waals surface area contributed by atoms with Crippen LogP contribution in [0.4, 0.5) is 10.1 Å². The van der Waals surface area contributed by atoms with E-state index in [4.69, 9.17) is 0 Å². The van der Waals surface area contributed by atoms with Crippen molar-refractivity contribution in [3.05, 3.63) is 28.6 Å². The fraction of sp³-hybridized carbons (Fsp3) is 0.500. The molecule has 96 valence electrons. The molecular formula is C14H22FNO. The maximum Gasteiger partial charge on any atom is 0.131 e. The van der Waals surface area contributed by atoms with Gasteiger partial charge in [0, 0.05) is 24.7 Å². The molecule has 0 saturated heterocycles. The molecule has 0 radical (unpaired) electrons. The van der Waals surface area contributed by atoms with E-state index in [1.807, 2.05) is 13.8 Å². The van der Waals surface area contributed by atoms with Gasteiger partial charge in [0.1, 0.15) is 12.1 Å². The summed E-state index contributed by atoms with van der Waals surface area (Å²) in [6, 6.07) is 1.80. The molecule has 0 aliphatic heterocycles. The zero-order chi connectivity index (χ0) is 13.4. The van der Waals surface area contributed by atoms with Gasteiger partial charge in [0.2, 0.25) is 0 Å². The molecule has 0 unspecified atom stereocenters. The molecular weight excluding hydrogens is 217 g/mol. The van der Waals surface area contributed by atoms with Crippen molar-refractivity contribution in [2.24, 2.45) is 0 Å². The Morgan fingerprint density at radius 1 is 1.35 bits per heavy atom. The van der Waals surface area contributed by atoms with E-state index in [-0.39, 0.29) is 5.82 Å². The second kappa shape index (κ2) is 7.82. The van der Waals surface area contributed by atoms with Crippen molar-refractivity contribution < 1.29 is 9.18 Å². The van der Waals surface area contributed by atoms with Gasteiger partial charge >= 0.3 is 0 Å². The number of hydrogen-bond donors (Lipinski definition) is 1. The second-order valence-corrected chi connectivity index (χ2v) is 3.62. The highest BCUT2D eigenvalue weighted by Crippen LogP contribution is 2.26. The first-order chi connectivity index (χ1) is 8.11. The summed E-state index contributed by atoms with van der Waals surface area (Å²) in [5, 5.41) is 2.98. The Bertz CT molecular complexity index is 375. The van der Waals surface area contributed by atoms with E-state index in [9.17, 15) is 9.18 Å². The van der Waals surface area contributed by atoms with Gasteiger partial charge in [-0.15, -0.1) is 0 Å². The second-order valence-electron chi connectivity index (χ2n) is 3.62. The molecule has 0 saturated carbocycles. The topological polar surface area (TPSA) is 29.1 Å². The van der Waals surface area contributed by atoms with Gasteiger partial charge in [-0.1, -0.05) is 19.9 Å². The first-order valence-electron chi connectivity index (χ1n) is 6.01. The van der Waals surface area contributed by atoms with Crippen LogP contribution in [0.2, 0.25) is 0 Å². The van der Waals surface area contributed by atoms with Crippen molar-refractivity contribution in [2.45, 2.75) is 40.5 Å². The van der Waals surface area contributed by atoms with Crippen molar-refractivity contribution in [3.8, 4) is 0 Å². The minimum atomic E-state index is -0.172. The predicted octanol–water partition coefficient (Wildman–Crippen LogP) is 3.64. The van der Waals surface area contributed by atoms with Crippen LogP contribution < -0.4 is 5.32 Å². The van der Waals surface area contributed by atoms with Gasteiger partial charge in [-0.3, -0.25) is 0 Å². The van der Waals surface area contributed by atoms with Crippen molar-refractivity contribution in [2.75, 3.05) is 12.4 Å². The zero-order valence-corrected chi connectivity index (χ0v) is 11.4. The van der Waals surface area contributed by atoms with Crippen molar-refractivity contribution in [1.82, 2.24) is 0 Å². The van der Waals surface area contributed by atoms with Crippen LogP contribution in [-0.2, 0) is 11.2 Å². The van der Waals surface area contributed by atoms with E-state index in [0.717, 1.165) is 17.5 Å². The minimum absolute atomic E-state index is 0.172. The molecule has 3 heteroatoms. The summed E-state index contributed by atoms with van der Waals surface area (Å²) in [6.45, 7) is 7.49. The van der Waals surface area contributed by atoms with Crippen LogP contribution in [0, 0.1) is 19.7 Å². The number of anilines is 1. The summed E-state index contributed by atoms with van der Waals surface area (Å²) in [7, 11) is 1.77. The maximum absolute atomic E-state index is 13.6. The summed E-state index contributed by atoms with van der Waals surface area (Å²) in [6.07, 6.45) is 2.01. The molecule has 2 nitrogen and oxygen atoms in total. The largest absolute Gasteiger partial charge is 0.388 e. The normalized spacial score (nSPS) is 9.29. The van der Waals surface area contributed by atoms with Gasteiger partial charge in [-0.05, 0) is 31.4 Å². The van der Waals surface area contributed by atoms with Crippen LogP contribution in [-0.4, -0.2) is 13.3 Å². The number of aldehydes is 1. The number of benzene rings is 1. The Labute approximate surface area is 103 Å². The summed E-state index contributed by atoms with van der Waals surface area (Å²) in [4.78, 5) is 10.3. The summed E-state index contributed by atoms with van der Waals surface area (Å²) in [5.41, 5.74) is 3.06. The maximum atomic E-state index is 13.6. The Hall–Kier alpha value is -1.38. The van der Waals surface area contributed by atoms with Crippen molar-refractivity contribution in [1.29, 1.82) is 0 Å². The van der Waals surface area contributed by atoms with Crippen LogP contribution in [0.5, 0.6) is 0 Å². The molecule has 0 atom stereocenters. The lowest BCUT2D eigenvalue weighted by Gasteiger charge is -2.14. The van der Waals surface area contributed by atoms with E-state index in [2.05, 4.69) is 5.32 Å². The van der Waals surface area contributed by atoms with Crippen LogP contribution in [0.3, 0.4) is 0 Å². The fourth-order valence-corrected chi connectivity index (χ4v) is 1.80. The summed E-state index contributed by atoms with van der Waals surface area (Å²) >= 11 is 0. The van der Waals surface area contributed by atoms with Crippen molar-refractivity contribution >= 4 is 12.0 Å². The molecule has 0 heterocycles. The first kappa shape index (κ1) is 15.6. The Morgan fingerprint density at radius 2 is 1.94 bits per heavy atom. The molecule has 0 bridgehead atoms. The summed E-state index contributed by atoms with van der Waals surface area (Å²) < 4.78 is 13.6. The SMILES string of the molecule is CC.CNc1c(CCC=O)cc(C)c(F)c1C. The average molecular weight is 239 g/mol. The minimum Gasteiger partial charge on any atom is -0.388 e. The third-order valence-corrected chi connectivity index (χ3v) is 2.54. The zero-order valence-electron chi connectivity index (χ0n) is 11.4. The van der Waals surface area contributed by atoms with E-state index >= 15 is 0 Å². The number of nitrogens with one attached hydrogen (secondary N) is 1. The molecule has 17 heavy (non-hydrogen) atoms. The van der Waals surface area contributed by atoms with E-state index in [1.54, 1.807) is 27.0 Å². The lowest BCUT2D eigenvalue weighted by atomic mass is 10.00. The van der Waals surface area contributed by atoms with E-state index in [0.29, 0.717) is 24.0 Å². The predicted molar refractivity (Wildman–Crippen MR) is 71.2 cm³/mol. The lowest BCUT2D eigenvalue weighted by molar-refractivity contribution is -0.107. The summed E-state index contributed by atoms with van der Waals surface area (Å²) in [5.74, 6) is -0.172. The molecule has 1 aromatic carbocycles. The number of hydrogen-bond acceptors (Lipinski definition) is 2. The van der Waals surface area contributed by atoms with Gasteiger partial charge in [-0.25, -0.2) is 4.39 Å². The Balaban J connectivity index is 0.00000121. The number of carbonyl (C=O) groups excluding carboxylic acids is 1. The number of carbonyl (C=O) groups is 1. The number of aryl methyl sites for hydroxylation is 2. The van der Waals surface area contributed by atoms with Gasteiger partial charge < -0.3 is 10.1 Å². The highest BCUT2D eigenvalue weighted by atomic mass is 19.1. The third-order valence-electron chi connectivity index (χ3n) is 2.54. The third kappa shape index (κ3) is 3.84. The highest BCUT2D eigenvalue weighted by Gasteiger charge is 2.11. The smallest absolute Gasteiger partial charge is 0.131 e. The number of halogens is 1. The lowest BCUT2D eigenvalue weighted by Crippen LogP contribution is -2.03. The van der Waals surface area contributed by atoms with Crippen LogP contribution >= 0.6 is 0 Å². The van der Waals surface area contributed by atoms with Gasteiger partial charge in [0.15, 0.2) is 0 Å². The van der Waals surface area contributed by atoms with Crippen molar-refractivity contribution in [3.63, 3.8) is 0 Å². The molecule has 1 aromatic rings. The molecule has 0 aliphatic carbocycles. The van der Waals surface area contributed by atoms with Gasteiger partial charge in [0.25, 0.3) is 0 Å². The average Bonchev–Trinajstić information content (AvgIpc) is 2.36. The van der Waals surface area contributed by atoms with Gasteiger partial charge in [-0.2, -0.15) is 0 Å². The molecule has 0 spiro atoms. The fourth-order valence-electron chi connectivity index (χ4n) is 1.80. The Morgan fingerprint density at radius 3 is 2.41 bits per heavy atom.